The number of benzene rings is 1. The van der Waals surface area contributed by atoms with E-state index in [0.717, 1.165) is 12.0 Å². The Bertz CT molecular complexity index is 284. The molecule has 0 fully saturated rings. The molecule has 90 valence electrons. The van der Waals surface area contributed by atoms with Gasteiger partial charge in [-0.25, -0.2) is 0 Å². The molecule has 0 bridgehead atoms. The van der Waals surface area contributed by atoms with Gasteiger partial charge in [0.1, 0.15) is 5.75 Å². The van der Waals surface area contributed by atoms with E-state index in [1.807, 2.05) is 6.07 Å². The molecule has 16 heavy (non-hydrogen) atoms. The lowest BCUT2D eigenvalue weighted by atomic mass is 10.0. The maximum absolute atomic E-state index is 9.73. The summed E-state index contributed by atoms with van der Waals surface area (Å²) in [6.07, 6.45) is 8.85. The number of aromatic hydroxyl groups is 1. The molecule has 0 aliphatic carbocycles. The van der Waals surface area contributed by atoms with Gasteiger partial charge in [0.2, 0.25) is 0 Å². The SMILES string of the molecule is CCCCCCCCc1c(C)cccc1O. The highest BCUT2D eigenvalue weighted by molar-refractivity contribution is 5.38. The molecule has 0 aliphatic rings. The van der Waals surface area contributed by atoms with Crippen molar-refractivity contribution in [1.82, 2.24) is 0 Å². The molecule has 1 N–H and O–H groups in total. The lowest BCUT2D eigenvalue weighted by molar-refractivity contribution is 0.465. The Kier molecular flexibility index (Phi) is 5.99. The standard InChI is InChI=1S/C15H24O/c1-3-4-5-6-7-8-11-14-13(2)10-9-12-15(14)16/h9-10,12,16H,3-8,11H2,1-2H3. The molecule has 1 aromatic rings. The Morgan fingerprint density at radius 1 is 1.00 bits per heavy atom. The Hall–Kier alpha value is -0.980. The number of phenolic OH excluding ortho intramolecular Hbond substituents is 1. The second kappa shape index (κ2) is 7.32. The summed E-state index contributed by atoms with van der Waals surface area (Å²) in [4.78, 5) is 0. The third kappa shape index (κ3) is 4.26. The van der Waals surface area contributed by atoms with Gasteiger partial charge in [0.05, 0.1) is 0 Å². The van der Waals surface area contributed by atoms with Crippen LogP contribution < -0.4 is 0 Å². The van der Waals surface area contributed by atoms with Crippen molar-refractivity contribution in [3.63, 3.8) is 0 Å². The Balaban J connectivity index is 2.26. The first-order valence-corrected chi connectivity index (χ1v) is 6.53. The van der Waals surface area contributed by atoms with E-state index >= 15 is 0 Å². The van der Waals surface area contributed by atoms with Crippen LogP contribution in [-0.4, -0.2) is 5.11 Å². The van der Waals surface area contributed by atoms with Gasteiger partial charge in [-0.05, 0) is 37.0 Å². The molecule has 0 atom stereocenters. The second-order valence-electron chi connectivity index (χ2n) is 4.59. The first kappa shape index (κ1) is 13.1. The summed E-state index contributed by atoms with van der Waals surface area (Å²) in [5.74, 6) is 0.466. The van der Waals surface area contributed by atoms with Gasteiger partial charge < -0.3 is 5.11 Å². The van der Waals surface area contributed by atoms with E-state index < -0.39 is 0 Å². The minimum Gasteiger partial charge on any atom is -0.508 e. The topological polar surface area (TPSA) is 20.2 Å². The van der Waals surface area contributed by atoms with Crippen molar-refractivity contribution in [2.24, 2.45) is 0 Å². The van der Waals surface area contributed by atoms with Crippen LogP contribution in [0.4, 0.5) is 0 Å². The summed E-state index contributed by atoms with van der Waals surface area (Å²) in [6.45, 7) is 4.32. The second-order valence-corrected chi connectivity index (χ2v) is 4.59. The molecule has 1 rings (SSSR count). The minimum atomic E-state index is 0.466. The van der Waals surface area contributed by atoms with Gasteiger partial charge in [-0.3, -0.25) is 0 Å². The highest BCUT2D eigenvalue weighted by Gasteiger charge is 2.03. The van der Waals surface area contributed by atoms with E-state index in [1.54, 1.807) is 6.07 Å². The third-order valence-electron chi connectivity index (χ3n) is 3.17. The van der Waals surface area contributed by atoms with Gasteiger partial charge in [0.25, 0.3) is 0 Å². The molecule has 1 aromatic carbocycles. The smallest absolute Gasteiger partial charge is 0.119 e. The normalized spacial score (nSPS) is 10.6. The van der Waals surface area contributed by atoms with Crippen molar-refractivity contribution in [1.29, 1.82) is 0 Å². The van der Waals surface area contributed by atoms with Crippen LogP contribution in [0.2, 0.25) is 0 Å². The molecule has 0 aliphatic heterocycles. The molecule has 1 heteroatoms. The number of rotatable bonds is 7. The van der Waals surface area contributed by atoms with Crippen molar-refractivity contribution in [2.45, 2.75) is 58.8 Å². The first-order chi connectivity index (χ1) is 7.75. The molecule has 0 saturated heterocycles. The highest BCUT2D eigenvalue weighted by atomic mass is 16.3. The lowest BCUT2D eigenvalue weighted by Crippen LogP contribution is -1.91. The molecular formula is C15H24O. The van der Waals surface area contributed by atoms with Crippen molar-refractivity contribution in [3.05, 3.63) is 29.3 Å². The number of unbranched alkanes of at least 4 members (excludes halogenated alkanes) is 5. The lowest BCUT2D eigenvalue weighted by Gasteiger charge is -2.07. The zero-order chi connectivity index (χ0) is 11.8. The van der Waals surface area contributed by atoms with E-state index in [9.17, 15) is 5.11 Å². The maximum atomic E-state index is 9.73. The van der Waals surface area contributed by atoms with E-state index in [1.165, 1.54) is 44.1 Å². The van der Waals surface area contributed by atoms with Crippen LogP contribution in [0, 0.1) is 6.92 Å². The van der Waals surface area contributed by atoms with Crippen LogP contribution >= 0.6 is 0 Å². The van der Waals surface area contributed by atoms with E-state index in [0.29, 0.717) is 5.75 Å². The summed E-state index contributed by atoms with van der Waals surface area (Å²) in [5.41, 5.74) is 2.35. The zero-order valence-corrected chi connectivity index (χ0v) is 10.6. The van der Waals surface area contributed by atoms with Crippen molar-refractivity contribution < 1.29 is 5.11 Å². The fourth-order valence-corrected chi connectivity index (χ4v) is 2.09. The van der Waals surface area contributed by atoms with Crippen LogP contribution in [0.15, 0.2) is 18.2 Å². The summed E-state index contributed by atoms with van der Waals surface area (Å²) >= 11 is 0. The molecule has 0 heterocycles. The molecule has 1 nitrogen and oxygen atoms in total. The summed E-state index contributed by atoms with van der Waals surface area (Å²) in [6, 6.07) is 5.78. The summed E-state index contributed by atoms with van der Waals surface area (Å²) < 4.78 is 0. The highest BCUT2D eigenvalue weighted by Crippen LogP contribution is 2.22. The molecule has 0 radical (unpaired) electrons. The third-order valence-corrected chi connectivity index (χ3v) is 3.17. The van der Waals surface area contributed by atoms with Gasteiger partial charge in [-0.15, -0.1) is 0 Å². The monoisotopic (exact) mass is 220 g/mol. The van der Waals surface area contributed by atoms with Gasteiger partial charge in [0, 0.05) is 0 Å². The average Bonchev–Trinajstić information content (AvgIpc) is 2.26. The van der Waals surface area contributed by atoms with Crippen molar-refractivity contribution >= 4 is 0 Å². The maximum Gasteiger partial charge on any atom is 0.119 e. The van der Waals surface area contributed by atoms with Gasteiger partial charge in [-0.2, -0.15) is 0 Å². The fraction of sp³-hybridized carbons (Fsp3) is 0.600. The van der Waals surface area contributed by atoms with Gasteiger partial charge in [-0.1, -0.05) is 51.2 Å². The number of hydrogen-bond donors (Lipinski definition) is 1. The Morgan fingerprint density at radius 2 is 1.69 bits per heavy atom. The molecule has 0 spiro atoms. The van der Waals surface area contributed by atoms with Crippen LogP contribution in [-0.2, 0) is 6.42 Å². The molecular weight excluding hydrogens is 196 g/mol. The zero-order valence-electron chi connectivity index (χ0n) is 10.6. The number of aryl methyl sites for hydroxylation is 1. The van der Waals surface area contributed by atoms with E-state index in [-0.39, 0.29) is 0 Å². The van der Waals surface area contributed by atoms with E-state index in [4.69, 9.17) is 0 Å². The Labute approximate surface area is 99.5 Å². The van der Waals surface area contributed by atoms with Crippen molar-refractivity contribution in [2.75, 3.05) is 0 Å². The number of hydrogen-bond acceptors (Lipinski definition) is 1. The Morgan fingerprint density at radius 3 is 2.38 bits per heavy atom. The van der Waals surface area contributed by atoms with Crippen LogP contribution in [0.25, 0.3) is 0 Å². The molecule has 0 aromatic heterocycles. The first-order valence-electron chi connectivity index (χ1n) is 6.53. The fourth-order valence-electron chi connectivity index (χ4n) is 2.09. The largest absolute Gasteiger partial charge is 0.508 e. The predicted molar refractivity (Wildman–Crippen MR) is 69.9 cm³/mol. The van der Waals surface area contributed by atoms with Crippen LogP contribution in [0.1, 0.15) is 56.6 Å². The average molecular weight is 220 g/mol. The van der Waals surface area contributed by atoms with E-state index in [2.05, 4.69) is 19.9 Å². The van der Waals surface area contributed by atoms with Gasteiger partial charge >= 0.3 is 0 Å². The summed E-state index contributed by atoms with van der Waals surface area (Å²) in [7, 11) is 0. The van der Waals surface area contributed by atoms with Crippen molar-refractivity contribution in [3.8, 4) is 5.75 Å². The van der Waals surface area contributed by atoms with Crippen LogP contribution in [0.5, 0.6) is 5.75 Å². The molecule has 0 saturated carbocycles. The summed E-state index contributed by atoms with van der Waals surface area (Å²) in [5, 5.41) is 9.73. The quantitative estimate of drug-likeness (QED) is 0.666. The minimum absolute atomic E-state index is 0.466. The van der Waals surface area contributed by atoms with Crippen LogP contribution in [0.3, 0.4) is 0 Å². The molecule has 0 amide bonds. The molecule has 0 unspecified atom stereocenters. The predicted octanol–water partition coefficient (Wildman–Crippen LogP) is 4.60. The van der Waals surface area contributed by atoms with Gasteiger partial charge in [0.15, 0.2) is 0 Å². The number of phenols is 1.